The average Bonchev–Trinajstić information content (AvgIpc) is 2.37. The fraction of sp³-hybridized carbons (Fsp3) is 0.625. The van der Waals surface area contributed by atoms with Crippen LogP contribution in [-0.2, 0) is 9.53 Å². The molecule has 0 aliphatic heterocycles. The molecule has 0 aromatic carbocycles. The number of carbonyl (C=O) groups excluding carboxylic acids is 1. The van der Waals surface area contributed by atoms with E-state index < -0.39 is 0 Å². The molecule has 0 aromatic rings. The molecule has 11 heavy (non-hydrogen) atoms. The number of methoxy groups -OCH3 is 1. The lowest BCUT2D eigenvalue weighted by molar-refractivity contribution is -0.139. The van der Waals surface area contributed by atoms with E-state index in [9.17, 15) is 9.90 Å². The van der Waals surface area contributed by atoms with Gasteiger partial charge in [-0.3, -0.25) is 4.79 Å². The van der Waals surface area contributed by atoms with Crippen molar-refractivity contribution in [2.75, 3.05) is 7.11 Å². The number of ether oxygens (including phenoxy) is 1. The first-order chi connectivity index (χ1) is 5.24. The number of aliphatic hydroxyl groups is 1. The lowest BCUT2D eigenvalue weighted by Crippen LogP contribution is -2.01. The molecular weight excluding hydrogens is 144 g/mol. The Morgan fingerprint density at radius 3 is 2.82 bits per heavy atom. The van der Waals surface area contributed by atoms with Gasteiger partial charge in [0.05, 0.1) is 19.3 Å². The molecule has 3 heteroatoms. The Kier molecular flexibility index (Phi) is 2.52. The van der Waals surface area contributed by atoms with E-state index in [1.165, 1.54) is 7.11 Å². The summed E-state index contributed by atoms with van der Waals surface area (Å²) in [5.74, 6) is 0.115. The third-order valence-electron chi connectivity index (χ3n) is 1.89. The van der Waals surface area contributed by atoms with Gasteiger partial charge in [0.15, 0.2) is 0 Å². The summed E-state index contributed by atoms with van der Waals surface area (Å²) in [5, 5.41) is 9.21. The van der Waals surface area contributed by atoms with Gasteiger partial charge in [0.25, 0.3) is 0 Å². The van der Waals surface area contributed by atoms with Gasteiger partial charge in [-0.2, -0.15) is 0 Å². The van der Waals surface area contributed by atoms with Crippen molar-refractivity contribution in [3.05, 3.63) is 11.3 Å². The SMILES string of the molecule is COC(=O)CC1=C(O)CCC1. The smallest absolute Gasteiger partial charge is 0.309 e. The summed E-state index contributed by atoms with van der Waals surface area (Å²) in [4.78, 5) is 10.7. The molecule has 1 N–H and O–H groups in total. The molecule has 1 aliphatic rings. The fourth-order valence-corrected chi connectivity index (χ4v) is 1.23. The summed E-state index contributed by atoms with van der Waals surface area (Å²) in [6.45, 7) is 0. The zero-order chi connectivity index (χ0) is 8.27. The molecule has 0 aromatic heterocycles. The Morgan fingerprint density at radius 2 is 2.36 bits per heavy atom. The summed E-state index contributed by atoms with van der Waals surface area (Å²) in [7, 11) is 1.36. The Morgan fingerprint density at radius 1 is 1.64 bits per heavy atom. The first kappa shape index (κ1) is 8.11. The molecule has 62 valence electrons. The van der Waals surface area contributed by atoms with E-state index in [1.54, 1.807) is 0 Å². The van der Waals surface area contributed by atoms with Crippen molar-refractivity contribution in [1.82, 2.24) is 0 Å². The maximum atomic E-state index is 10.7. The first-order valence-electron chi connectivity index (χ1n) is 3.70. The highest BCUT2D eigenvalue weighted by Crippen LogP contribution is 2.26. The predicted molar refractivity (Wildman–Crippen MR) is 40.1 cm³/mol. The van der Waals surface area contributed by atoms with Crippen molar-refractivity contribution >= 4 is 5.97 Å². The highest BCUT2D eigenvalue weighted by Gasteiger charge is 2.16. The van der Waals surface area contributed by atoms with Crippen LogP contribution in [0.1, 0.15) is 25.7 Å². The molecule has 0 radical (unpaired) electrons. The number of allylic oxidation sites excluding steroid dienone is 1. The topological polar surface area (TPSA) is 46.5 Å². The minimum absolute atomic E-state index is 0.252. The average molecular weight is 156 g/mol. The van der Waals surface area contributed by atoms with Gasteiger partial charge in [-0.25, -0.2) is 0 Å². The van der Waals surface area contributed by atoms with Gasteiger partial charge in [-0.1, -0.05) is 0 Å². The second-order valence-electron chi connectivity index (χ2n) is 2.66. The quantitative estimate of drug-likeness (QED) is 0.617. The third-order valence-corrected chi connectivity index (χ3v) is 1.89. The van der Waals surface area contributed by atoms with Crippen LogP contribution in [0, 0.1) is 0 Å². The van der Waals surface area contributed by atoms with Gasteiger partial charge in [-0.15, -0.1) is 0 Å². The predicted octanol–water partition coefficient (Wildman–Crippen LogP) is 1.55. The van der Waals surface area contributed by atoms with Crippen molar-refractivity contribution in [3.63, 3.8) is 0 Å². The summed E-state index contributed by atoms with van der Waals surface area (Å²) in [6.07, 6.45) is 2.76. The van der Waals surface area contributed by atoms with Crippen LogP contribution < -0.4 is 0 Å². The molecule has 0 unspecified atom stereocenters. The van der Waals surface area contributed by atoms with Crippen LogP contribution in [0.4, 0.5) is 0 Å². The van der Waals surface area contributed by atoms with Crippen LogP contribution in [-0.4, -0.2) is 18.2 Å². The Hall–Kier alpha value is -0.990. The molecule has 1 aliphatic carbocycles. The Bertz CT molecular complexity index is 194. The Balaban J connectivity index is 2.48. The summed E-state index contributed by atoms with van der Waals surface area (Å²) in [6, 6.07) is 0. The van der Waals surface area contributed by atoms with Crippen LogP contribution in [0.5, 0.6) is 0 Å². The largest absolute Gasteiger partial charge is 0.512 e. The summed E-state index contributed by atoms with van der Waals surface area (Å²) in [5.41, 5.74) is 0.844. The number of hydrogen-bond acceptors (Lipinski definition) is 3. The lowest BCUT2D eigenvalue weighted by atomic mass is 10.1. The molecule has 0 spiro atoms. The van der Waals surface area contributed by atoms with Crippen LogP contribution >= 0.6 is 0 Å². The number of hydrogen-bond donors (Lipinski definition) is 1. The maximum Gasteiger partial charge on any atom is 0.309 e. The molecule has 0 heterocycles. The van der Waals surface area contributed by atoms with E-state index in [4.69, 9.17) is 0 Å². The minimum Gasteiger partial charge on any atom is -0.512 e. The molecule has 0 saturated heterocycles. The van der Waals surface area contributed by atoms with Crippen molar-refractivity contribution in [1.29, 1.82) is 0 Å². The number of aliphatic hydroxyl groups excluding tert-OH is 1. The van der Waals surface area contributed by atoms with Crippen molar-refractivity contribution in [3.8, 4) is 0 Å². The van der Waals surface area contributed by atoms with E-state index in [0.717, 1.165) is 18.4 Å². The molecule has 0 atom stereocenters. The lowest BCUT2D eigenvalue weighted by Gasteiger charge is -1.99. The molecule has 0 saturated carbocycles. The van der Waals surface area contributed by atoms with Crippen molar-refractivity contribution in [2.24, 2.45) is 0 Å². The van der Waals surface area contributed by atoms with Crippen LogP contribution in [0.3, 0.4) is 0 Å². The third kappa shape index (κ3) is 1.97. The van der Waals surface area contributed by atoms with Gasteiger partial charge >= 0.3 is 5.97 Å². The number of carbonyl (C=O) groups is 1. The van der Waals surface area contributed by atoms with Gasteiger partial charge in [0, 0.05) is 6.42 Å². The highest BCUT2D eigenvalue weighted by molar-refractivity contribution is 5.72. The van der Waals surface area contributed by atoms with Crippen LogP contribution in [0.2, 0.25) is 0 Å². The number of rotatable bonds is 2. The van der Waals surface area contributed by atoms with Gasteiger partial charge < -0.3 is 9.84 Å². The second-order valence-corrected chi connectivity index (χ2v) is 2.66. The van der Waals surface area contributed by atoms with Gasteiger partial charge in [0.2, 0.25) is 0 Å². The minimum atomic E-state index is -0.270. The highest BCUT2D eigenvalue weighted by atomic mass is 16.5. The second kappa shape index (κ2) is 3.42. The zero-order valence-electron chi connectivity index (χ0n) is 6.59. The summed E-state index contributed by atoms with van der Waals surface area (Å²) >= 11 is 0. The monoisotopic (exact) mass is 156 g/mol. The molecule has 1 rings (SSSR count). The van der Waals surface area contributed by atoms with Crippen molar-refractivity contribution in [2.45, 2.75) is 25.7 Å². The van der Waals surface area contributed by atoms with Gasteiger partial charge in [0.1, 0.15) is 0 Å². The normalized spacial score (nSPS) is 17.2. The van der Waals surface area contributed by atoms with E-state index in [1.807, 2.05) is 0 Å². The molecule has 0 fully saturated rings. The van der Waals surface area contributed by atoms with Crippen LogP contribution in [0.25, 0.3) is 0 Å². The molecule has 3 nitrogen and oxygen atoms in total. The molecular formula is C8H12O3. The summed E-state index contributed by atoms with van der Waals surface area (Å²) < 4.78 is 4.48. The van der Waals surface area contributed by atoms with Gasteiger partial charge in [-0.05, 0) is 18.4 Å². The van der Waals surface area contributed by atoms with E-state index in [2.05, 4.69) is 4.74 Å². The molecule has 0 bridgehead atoms. The van der Waals surface area contributed by atoms with Crippen LogP contribution in [0.15, 0.2) is 11.3 Å². The van der Waals surface area contributed by atoms with Crippen molar-refractivity contribution < 1.29 is 14.6 Å². The zero-order valence-corrected chi connectivity index (χ0v) is 6.59. The van der Waals surface area contributed by atoms with E-state index >= 15 is 0 Å². The van der Waals surface area contributed by atoms with E-state index in [-0.39, 0.29) is 12.4 Å². The Labute approximate surface area is 65.7 Å². The number of esters is 1. The fourth-order valence-electron chi connectivity index (χ4n) is 1.23. The first-order valence-corrected chi connectivity index (χ1v) is 3.70. The van der Waals surface area contributed by atoms with E-state index in [0.29, 0.717) is 12.2 Å². The maximum absolute atomic E-state index is 10.7. The molecule has 0 amide bonds. The standard InChI is InChI=1S/C8H12O3/c1-11-8(10)5-6-3-2-4-7(6)9/h9H,2-5H2,1H3.